The highest BCUT2D eigenvalue weighted by Crippen LogP contribution is 2.11. The van der Waals surface area contributed by atoms with Crippen LogP contribution in [0, 0.1) is 0 Å². The third-order valence-electron chi connectivity index (χ3n) is 4.50. The number of nitrogens with two attached hydrogens (primary N) is 1. The highest BCUT2D eigenvalue weighted by Gasteiger charge is 1.99. The van der Waals surface area contributed by atoms with Crippen LogP contribution in [0.3, 0.4) is 0 Å². The van der Waals surface area contributed by atoms with Gasteiger partial charge in [0.1, 0.15) is 0 Å². The Kier molecular flexibility index (Phi) is 18.5. The topological polar surface area (TPSA) is 26.0 Å². The normalized spacial score (nSPS) is 13.0. The average Bonchev–Trinajstić information content (AvgIpc) is 2.51. The fourth-order valence-corrected chi connectivity index (χ4v) is 2.99. The van der Waals surface area contributed by atoms with Crippen molar-refractivity contribution in [1.82, 2.24) is 0 Å². The monoisotopic (exact) mass is 309 g/mol. The molecule has 22 heavy (non-hydrogen) atoms. The Morgan fingerprint density at radius 2 is 1.09 bits per heavy atom. The van der Waals surface area contributed by atoms with Gasteiger partial charge in [-0.05, 0) is 38.5 Å². The van der Waals surface area contributed by atoms with E-state index in [4.69, 9.17) is 5.73 Å². The molecule has 0 aliphatic heterocycles. The van der Waals surface area contributed by atoms with Crippen molar-refractivity contribution in [2.75, 3.05) is 0 Å². The van der Waals surface area contributed by atoms with Crippen molar-refractivity contribution in [1.29, 1.82) is 0 Å². The second kappa shape index (κ2) is 18.7. The molecule has 0 amide bonds. The van der Waals surface area contributed by atoms with Gasteiger partial charge in [-0.1, -0.05) is 90.2 Å². The number of hydrogen-bond donors (Lipinski definition) is 1. The Labute approximate surface area is 141 Å². The van der Waals surface area contributed by atoms with Crippen LogP contribution in [0.25, 0.3) is 0 Å². The Balaban J connectivity index is 3.11. The van der Waals surface area contributed by atoms with Gasteiger partial charge in [-0.3, -0.25) is 0 Å². The second-order valence-electron chi connectivity index (χ2n) is 6.92. The lowest BCUT2D eigenvalue weighted by Crippen LogP contribution is -2.18. The summed E-state index contributed by atoms with van der Waals surface area (Å²) in [5, 5.41) is 0. The maximum atomic E-state index is 6.03. The molecule has 0 aromatic carbocycles. The molecule has 0 aromatic heterocycles. The van der Waals surface area contributed by atoms with Crippen LogP contribution in [0.4, 0.5) is 0 Å². The zero-order chi connectivity index (χ0) is 16.3. The van der Waals surface area contributed by atoms with Gasteiger partial charge in [-0.2, -0.15) is 0 Å². The van der Waals surface area contributed by atoms with Gasteiger partial charge < -0.3 is 5.73 Å². The molecule has 0 aromatic rings. The molecular weight excluding hydrogens is 266 g/mol. The van der Waals surface area contributed by atoms with E-state index in [1.807, 2.05) is 0 Å². The Morgan fingerprint density at radius 3 is 1.64 bits per heavy atom. The number of rotatable bonds is 17. The third kappa shape index (κ3) is 17.8. The largest absolute Gasteiger partial charge is 0.328 e. The van der Waals surface area contributed by atoms with E-state index in [1.54, 1.807) is 0 Å². The van der Waals surface area contributed by atoms with E-state index >= 15 is 0 Å². The van der Waals surface area contributed by atoms with Gasteiger partial charge in [-0.25, -0.2) is 0 Å². The van der Waals surface area contributed by atoms with Crippen molar-refractivity contribution in [2.24, 2.45) is 5.73 Å². The zero-order valence-corrected chi connectivity index (χ0v) is 15.6. The predicted octanol–water partition coefficient (Wildman–Crippen LogP) is 7.15. The zero-order valence-electron chi connectivity index (χ0n) is 15.6. The summed E-state index contributed by atoms with van der Waals surface area (Å²) in [6.07, 6.45) is 26.3. The van der Waals surface area contributed by atoms with Crippen LogP contribution < -0.4 is 5.73 Å². The third-order valence-corrected chi connectivity index (χ3v) is 4.50. The Hall–Kier alpha value is -0.300. The summed E-state index contributed by atoms with van der Waals surface area (Å²) in [5.74, 6) is 0. The summed E-state index contributed by atoms with van der Waals surface area (Å²) in [5.41, 5.74) is 6.03. The maximum Gasteiger partial charge on any atom is 0.00387 e. The van der Waals surface area contributed by atoms with Crippen LogP contribution in [-0.2, 0) is 0 Å². The molecule has 1 heteroatoms. The van der Waals surface area contributed by atoms with Gasteiger partial charge in [0.15, 0.2) is 0 Å². The number of hydrogen-bond acceptors (Lipinski definition) is 1. The molecule has 0 saturated carbocycles. The molecule has 1 unspecified atom stereocenters. The fraction of sp³-hybridized carbons (Fsp3) is 0.905. The highest BCUT2D eigenvalue weighted by molar-refractivity contribution is 4.81. The lowest BCUT2D eigenvalue weighted by atomic mass is 10.0. The Bertz CT molecular complexity index is 222. The smallest absolute Gasteiger partial charge is 0.00387 e. The summed E-state index contributed by atoms with van der Waals surface area (Å²) < 4.78 is 0. The standard InChI is InChI=1S/C21H43N/c1-3-5-6-7-8-9-10-11-12-13-14-15-16-17-18-20-21(22)19-4-2/h11-12,21H,3-10,13-20,22H2,1-2H3. The molecule has 0 radical (unpaired) electrons. The van der Waals surface area contributed by atoms with Crippen LogP contribution in [0.2, 0.25) is 0 Å². The van der Waals surface area contributed by atoms with Crippen molar-refractivity contribution in [3.63, 3.8) is 0 Å². The molecule has 0 fully saturated rings. The SMILES string of the molecule is CCCCCCCCC=CCCCCCCCC(N)CCC. The molecule has 132 valence electrons. The fourth-order valence-electron chi connectivity index (χ4n) is 2.99. The van der Waals surface area contributed by atoms with E-state index in [0.29, 0.717) is 6.04 Å². The first-order valence-corrected chi connectivity index (χ1v) is 10.2. The molecule has 0 aliphatic carbocycles. The molecule has 0 heterocycles. The summed E-state index contributed by atoms with van der Waals surface area (Å²) in [6, 6.07) is 0.454. The Morgan fingerprint density at radius 1 is 0.591 bits per heavy atom. The first-order valence-electron chi connectivity index (χ1n) is 10.2. The van der Waals surface area contributed by atoms with Crippen molar-refractivity contribution in [3.8, 4) is 0 Å². The molecule has 2 N–H and O–H groups in total. The first-order chi connectivity index (χ1) is 10.8. The molecule has 0 aliphatic rings. The minimum absolute atomic E-state index is 0.454. The van der Waals surface area contributed by atoms with Crippen molar-refractivity contribution in [2.45, 2.75) is 123 Å². The van der Waals surface area contributed by atoms with Crippen molar-refractivity contribution < 1.29 is 0 Å². The van der Waals surface area contributed by atoms with E-state index in [-0.39, 0.29) is 0 Å². The van der Waals surface area contributed by atoms with Crippen LogP contribution in [0.5, 0.6) is 0 Å². The summed E-state index contributed by atoms with van der Waals surface area (Å²) in [7, 11) is 0. The quantitative estimate of drug-likeness (QED) is 0.224. The van der Waals surface area contributed by atoms with Crippen LogP contribution in [-0.4, -0.2) is 6.04 Å². The minimum atomic E-state index is 0.454. The van der Waals surface area contributed by atoms with Crippen LogP contribution >= 0.6 is 0 Å². The van der Waals surface area contributed by atoms with Gasteiger partial charge in [0, 0.05) is 6.04 Å². The predicted molar refractivity (Wildman–Crippen MR) is 102 cm³/mol. The first kappa shape index (κ1) is 21.7. The number of unbranched alkanes of at least 4 members (excludes halogenated alkanes) is 11. The molecule has 1 atom stereocenters. The number of allylic oxidation sites excluding steroid dienone is 2. The van der Waals surface area contributed by atoms with Crippen LogP contribution in [0.15, 0.2) is 12.2 Å². The summed E-state index contributed by atoms with van der Waals surface area (Å²) >= 11 is 0. The van der Waals surface area contributed by atoms with Gasteiger partial charge in [0.05, 0.1) is 0 Å². The lowest BCUT2D eigenvalue weighted by Gasteiger charge is -2.09. The van der Waals surface area contributed by atoms with E-state index in [1.165, 1.54) is 103 Å². The van der Waals surface area contributed by atoms with Gasteiger partial charge in [0.2, 0.25) is 0 Å². The molecular formula is C21H43N. The molecule has 0 rings (SSSR count). The average molecular weight is 310 g/mol. The molecule has 0 bridgehead atoms. The molecule has 0 saturated heterocycles. The van der Waals surface area contributed by atoms with Crippen molar-refractivity contribution in [3.05, 3.63) is 12.2 Å². The van der Waals surface area contributed by atoms with Crippen molar-refractivity contribution >= 4 is 0 Å². The summed E-state index contributed by atoms with van der Waals surface area (Å²) in [4.78, 5) is 0. The van der Waals surface area contributed by atoms with E-state index in [0.717, 1.165) is 0 Å². The maximum absolute atomic E-state index is 6.03. The van der Waals surface area contributed by atoms with E-state index in [9.17, 15) is 0 Å². The second-order valence-corrected chi connectivity index (χ2v) is 6.92. The minimum Gasteiger partial charge on any atom is -0.328 e. The van der Waals surface area contributed by atoms with Gasteiger partial charge in [-0.15, -0.1) is 0 Å². The summed E-state index contributed by atoms with van der Waals surface area (Å²) in [6.45, 7) is 4.50. The lowest BCUT2D eigenvalue weighted by molar-refractivity contribution is 0.510. The highest BCUT2D eigenvalue weighted by atomic mass is 14.6. The van der Waals surface area contributed by atoms with E-state index < -0.39 is 0 Å². The van der Waals surface area contributed by atoms with Gasteiger partial charge >= 0.3 is 0 Å². The molecule has 1 nitrogen and oxygen atoms in total. The van der Waals surface area contributed by atoms with Crippen LogP contribution in [0.1, 0.15) is 117 Å². The molecule has 0 spiro atoms. The van der Waals surface area contributed by atoms with Gasteiger partial charge in [0.25, 0.3) is 0 Å². The van der Waals surface area contributed by atoms with E-state index in [2.05, 4.69) is 26.0 Å².